The molecule has 2 aromatic heterocycles. The minimum Gasteiger partial charge on any atom is -0.372 e. The number of aryl methyl sites for hydroxylation is 3. The van der Waals surface area contributed by atoms with Gasteiger partial charge in [0.05, 0.1) is 20.5 Å². The van der Waals surface area contributed by atoms with E-state index >= 15 is 0 Å². The van der Waals surface area contributed by atoms with Crippen molar-refractivity contribution in [2.75, 3.05) is 12.4 Å². The van der Waals surface area contributed by atoms with Crippen molar-refractivity contribution in [1.82, 2.24) is 19.7 Å². The first-order chi connectivity index (χ1) is 8.99. The van der Waals surface area contributed by atoms with Crippen molar-refractivity contribution in [2.45, 2.75) is 27.2 Å². The van der Waals surface area contributed by atoms with Crippen LogP contribution in [-0.2, 0) is 13.5 Å². The lowest BCUT2D eigenvalue weighted by molar-refractivity contribution is 0.731. The summed E-state index contributed by atoms with van der Waals surface area (Å²) < 4.78 is 2.96. The van der Waals surface area contributed by atoms with Gasteiger partial charge in [-0.05, 0) is 42.9 Å². The predicted molar refractivity (Wildman–Crippen MR) is 85.3 cm³/mol. The first kappa shape index (κ1) is 14.2. The maximum Gasteiger partial charge on any atom is 0.165 e. The van der Waals surface area contributed by atoms with Gasteiger partial charge in [0.1, 0.15) is 5.82 Å². The predicted octanol–water partition coefficient (Wildman–Crippen LogP) is 2.70. The quantitative estimate of drug-likeness (QED) is 0.843. The van der Waals surface area contributed by atoms with E-state index in [1.165, 1.54) is 0 Å². The van der Waals surface area contributed by atoms with Crippen molar-refractivity contribution in [3.63, 3.8) is 0 Å². The van der Waals surface area contributed by atoms with Crippen molar-refractivity contribution in [3.8, 4) is 11.4 Å². The van der Waals surface area contributed by atoms with E-state index in [-0.39, 0.29) is 0 Å². The molecule has 19 heavy (non-hydrogen) atoms. The van der Waals surface area contributed by atoms with Crippen LogP contribution in [0.1, 0.15) is 24.0 Å². The SMILES string of the molecule is CCc1nc(-c2c(C)nn(C)c2C)nc(NC)c1I. The van der Waals surface area contributed by atoms with E-state index in [0.29, 0.717) is 0 Å². The van der Waals surface area contributed by atoms with E-state index in [2.05, 4.69) is 44.9 Å². The van der Waals surface area contributed by atoms with Crippen LogP contribution in [0, 0.1) is 17.4 Å². The zero-order valence-electron chi connectivity index (χ0n) is 11.9. The summed E-state index contributed by atoms with van der Waals surface area (Å²) in [6.07, 6.45) is 0.890. The lowest BCUT2D eigenvalue weighted by Crippen LogP contribution is -2.05. The Morgan fingerprint density at radius 3 is 2.42 bits per heavy atom. The molecule has 6 heteroatoms. The van der Waals surface area contributed by atoms with Crippen LogP contribution in [-0.4, -0.2) is 26.8 Å². The summed E-state index contributed by atoms with van der Waals surface area (Å²) in [6.45, 7) is 6.15. The fraction of sp³-hybridized carbons (Fsp3) is 0.462. The second kappa shape index (κ2) is 5.44. The zero-order chi connectivity index (χ0) is 14.2. The van der Waals surface area contributed by atoms with Crippen LogP contribution in [0.5, 0.6) is 0 Å². The molecular weight excluding hydrogens is 353 g/mol. The number of aromatic nitrogens is 4. The Morgan fingerprint density at radius 2 is 1.95 bits per heavy atom. The molecule has 0 aliphatic carbocycles. The first-order valence-corrected chi connectivity index (χ1v) is 7.32. The maximum absolute atomic E-state index is 4.69. The third-order valence-corrected chi connectivity index (χ3v) is 4.36. The molecule has 2 rings (SSSR count). The highest BCUT2D eigenvalue weighted by Gasteiger charge is 2.17. The van der Waals surface area contributed by atoms with E-state index < -0.39 is 0 Å². The van der Waals surface area contributed by atoms with Gasteiger partial charge >= 0.3 is 0 Å². The average molecular weight is 371 g/mol. The zero-order valence-corrected chi connectivity index (χ0v) is 14.0. The van der Waals surface area contributed by atoms with Crippen LogP contribution in [0.3, 0.4) is 0 Å². The Bertz CT molecular complexity index is 593. The lowest BCUT2D eigenvalue weighted by atomic mass is 10.1. The molecule has 0 spiro atoms. The molecule has 0 bridgehead atoms. The summed E-state index contributed by atoms with van der Waals surface area (Å²) in [5.74, 6) is 1.63. The Hall–Kier alpha value is -1.18. The van der Waals surface area contributed by atoms with Crippen LogP contribution >= 0.6 is 22.6 Å². The van der Waals surface area contributed by atoms with Crippen LogP contribution in [0.4, 0.5) is 5.82 Å². The van der Waals surface area contributed by atoms with Crippen molar-refractivity contribution in [2.24, 2.45) is 7.05 Å². The van der Waals surface area contributed by atoms with Gasteiger partial charge in [-0.1, -0.05) is 6.92 Å². The Morgan fingerprint density at radius 1 is 1.26 bits per heavy atom. The highest BCUT2D eigenvalue weighted by molar-refractivity contribution is 14.1. The highest BCUT2D eigenvalue weighted by Crippen LogP contribution is 2.27. The van der Waals surface area contributed by atoms with Crippen molar-refractivity contribution in [3.05, 3.63) is 20.7 Å². The van der Waals surface area contributed by atoms with Gasteiger partial charge in [-0.2, -0.15) is 5.10 Å². The van der Waals surface area contributed by atoms with Crippen molar-refractivity contribution in [1.29, 1.82) is 0 Å². The molecule has 0 fully saturated rings. The minimum atomic E-state index is 0.754. The standard InChI is InChI=1S/C13H18IN5/c1-6-9-11(14)13(15-4)17-12(16-9)10-7(2)18-19(5)8(10)3/h6H2,1-5H3,(H,15,16,17). The van der Waals surface area contributed by atoms with E-state index in [1.807, 2.05) is 32.6 Å². The number of nitrogens with zero attached hydrogens (tertiary/aromatic N) is 4. The molecule has 0 aliphatic heterocycles. The average Bonchev–Trinajstić information content (AvgIpc) is 2.64. The monoisotopic (exact) mass is 371 g/mol. The van der Waals surface area contributed by atoms with E-state index in [4.69, 9.17) is 4.98 Å². The molecule has 0 amide bonds. The van der Waals surface area contributed by atoms with Crippen molar-refractivity contribution < 1.29 is 0 Å². The smallest absolute Gasteiger partial charge is 0.165 e. The molecule has 5 nitrogen and oxygen atoms in total. The van der Waals surface area contributed by atoms with Gasteiger partial charge in [0.15, 0.2) is 5.82 Å². The maximum atomic E-state index is 4.69. The first-order valence-electron chi connectivity index (χ1n) is 6.24. The van der Waals surface area contributed by atoms with Gasteiger partial charge in [0, 0.05) is 19.8 Å². The number of hydrogen-bond acceptors (Lipinski definition) is 4. The number of halogens is 1. The molecule has 102 valence electrons. The third-order valence-electron chi connectivity index (χ3n) is 3.22. The molecule has 0 atom stereocenters. The summed E-state index contributed by atoms with van der Waals surface area (Å²) in [5.41, 5.74) is 4.15. The second-order valence-electron chi connectivity index (χ2n) is 4.43. The molecular formula is C13H18IN5. The van der Waals surface area contributed by atoms with Gasteiger partial charge in [-0.25, -0.2) is 9.97 Å². The molecule has 0 aromatic carbocycles. The minimum absolute atomic E-state index is 0.754. The molecule has 0 saturated heterocycles. The molecule has 0 radical (unpaired) electrons. The van der Waals surface area contributed by atoms with E-state index in [1.54, 1.807) is 0 Å². The third kappa shape index (κ3) is 2.45. The topological polar surface area (TPSA) is 55.6 Å². The van der Waals surface area contributed by atoms with Gasteiger partial charge in [-0.3, -0.25) is 4.68 Å². The highest BCUT2D eigenvalue weighted by atomic mass is 127. The van der Waals surface area contributed by atoms with E-state index in [0.717, 1.165) is 44.3 Å². The molecule has 2 heterocycles. The van der Waals surface area contributed by atoms with E-state index in [9.17, 15) is 0 Å². The molecule has 0 aliphatic rings. The van der Waals surface area contributed by atoms with Gasteiger partial charge in [0.25, 0.3) is 0 Å². The fourth-order valence-electron chi connectivity index (χ4n) is 2.10. The summed E-state index contributed by atoms with van der Waals surface area (Å²) in [5, 5.41) is 7.57. The van der Waals surface area contributed by atoms with Gasteiger partial charge in [0.2, 0.25) is 0 Å². The second-order valence-corrected chi connectivity index (χ2v) is 5.51. The molecule has 0 unspecified atom stereocenters. The van der Waals surface area contributed by atoms with Gasteiger partial charge in [-0.15, -0.1) is 0 Å². The number of nitrogens with one attached hydrogen (secondary N) is 1. The van der Waals surface area contributed by atoms with Crippen molar-refractivity contribution >= 4 is 28.4 Å². The molecule has 2 aromatic rings. The summed E-state index contributed by atoms with van der Waals surface area (Å²) >= 11 is 2.29. The number of rotatable bonds is 3. The lowest BCUT2D eigenvalue weighted by Gasteiger charge is -2.10. The Kier molecular flexibility index (Phi) is 4.07. The van der Waals surface area contributed by atoms with Crippen LogP contribution < -0.4 is 5.32 Å². The van der Waals surface area contributed by atoms with Gasteiger partial charge < -0.3 is 5.32 Å². The molecule has 1 N–H and O–H groups in total. The number of hydrogen-bond donors (Lipinski definition) is 1. The van der Waals surface area contributed by atoms with Crippen LogP contribution in [0.15, 0.2) is 0 Å². The van der Waals surface area contributed by atoms with Crippen LogP contribution in [0.2, 0.25) is 0 Å². The summed E-state index contributed by atoms with van der Waals surface area (Å²) in [6, 6.07) is 0. The fourth-order valence-corrected chi connectivity index (χ4v) is 2.99. The Balaban J connectivity index is 2.69. The summed E-state index contributed by atoms with van der Waals surface area (Å²) in [4.78, 5) is 9.31. The van der Waals surface area contributed by atoms with Crippen LogP contribution in [0.25, 0.3) is 11.4 Å². The summed E-state index contributed by atoms with van der Waals surface area (Å²) in [7, 11) is 3.83. The normalized spacial score (nSPS) is 10.8. The number of anilines is 1. The Labute approximate surface area is 127 Å². The molecule has 0 saturated carbocycles. The largest absolute Gasteiger partial charge is 0.372 e.